The van der Waals surface area contributed by atoms with E-state index in [1.807, 2.05) is 0 Å². The van der Waals surface area contributed by atoms with Crippen LogP contribution in [0.15, 0.2) is 16.8 Å². The van der Waals surface area contributed by atoms with Gasteiger partial charge in [0, 0.05) is 0 Å². The maximum atomic E-state index is 10.6. The summed E-state index contributed by atoms with van der Waals surface area (Å²) in [5.41, 5.74) is 3.03. The van der Waals surface area contributed by atoms with E-state index >= 15 is 0 Å². The molecule has 4 nitrogen and oxygen atoms in total. The molecule has 4 heteroatoms. The number of nitrogens with zero attached hydrogens (tertiary/aromatic N) is 1. The Hall–Kier alpha value is -0.870. The summed E-state index contributed by atoms with van der Waals surface area (Å²) in [5.74, 6) is 2.77. The normalized spacial score (nSPS) is 49.2. The molecule has 0 spiro atoms. The fourth-order valence-electron chi connectivity index (χ4n) is 7.21. The van der Waals surface area contributed by atoms with Gasteiger partial charge < -0.3 is 15.1 Å². The minimum atomic E-state index is -0.0951. The molecule has 4 aliphatic rings. The standard InChI is InChI=1S/C22H35NO3/c1-14-12-16-17-4-5-20(25)22(17,3)9-7-18(16)21(2)8-6-15(13-19(14)21)23-26-11-10-24/h13-14,16-18,20,24-25H,4-12H2,1-3H3/b23-15+/t14-,16?,17?,18-,20+,21?,22?/m0/s1. The van der Waals surface area contributed by atoms with Crippen molar-refractivity contribution in [1.82, 2.24) is 0 Å². The molecule has 0 aromatic heterocycles. The molecule has 3 fully saturated rings. The van der Waals surface area contributed by atoms with Gasteiger partial charge >= 0.3 is 0 Å². The lowest BCUT2D eigenvalue weighted by molar-refractivity contribution is -0.0796. The van der Waals surface area contributed by atoms with Crippen LogP contribution in [0.4, 0.5) is 0 Å². The van der Waals surface area contributed by atoms with Crippen LogP contribution in [-0.4, -0.2) is 35.2 Å². The Bertz CT molecular complexity index is 615. The van der Waals surface area contributed by atoms with Gasteiger partial charge in [0.25, 0.3) is 0 Å². The van der Waals surface area contributed by atoms with Gasteiger partial charge in [0.15, 0.2) is 0 Å². The third-order valence-electron chi connectivity index (χ3n) is 8.61. The van der Waals surface area contributed by atoms with Crippen molar-refractivity contribution in [3.05, 3.63) is 11.6 Å². The molecule has 26 heavy (non-hydrogen) atoms. The van der Waals surface area contributed by atoms with Crippen LogP contribution < -0.4 is 0 Å². The molecule has 4 aliphatic carbocycles. The van der Waals surface area contributed by atoms with Gasteiger partial charge in [-0.1, -0.05) is 31.5 Å². The highest BCUT2D eigenvalue weighted by atomic mass is 16.6. The Balaban J connectivity index is 1.62. The average molecular weight is 362 g/mol. The van der Waals surface area contributed by atoms with Gasteiger partial charge in [-0.2, -0.15) is 0 Å². The molecule has 0 heterocycles. The first-order chi connectivity index (χ1) is 12.4. The molecule has 7 atom stereocenters. The highest BCUT2D eigenvalue weighted by Gasteiger charge is 2.59. The van der Waals surface area contributed by atoms with Crippen LogP contribution >= 0.6 is 0 Å². The van der Waals surface area contributed by atoms with E-state index in [0.717, 1.165) is 36.8 Å². The number of hydrogen-bond donors (Lipinski definition) is 2. The first-order valence-electron chi connectivity index (χ1n) is 10.6. The topological polar surface area (TPSA) is 62.1 Å². The Morgan fingerprint density at radius 1 is 1.19 bits per heavy atom. The zero-order valence-corrected chi connectivity index (χ0v) is 16.6. The van der Waals surface area contributed by atoms with Gasteiger partial charge in [0.2, 0.25) is 0 Å². The SMILES string of the molecule is C[C@H]1CC2C3CC[C@@H](O)C3(C)CC[C@@H]2C2(C)CC/C(=N\OCCO)C=C12. The molecule has 0 bridgehead atoms. The number of oxime groups is 1. The molecule has 0 radical (unpaired) electrons. The first kappa shape index (κ1) is 18.5. The molecule has 3 saturated carbocycles. The maximum absolute atomic E-state index is 10.6. The van der Waals surface area contributed by atoms with E-state index in [1.54, 1.807) is 5.57 Å². The lowest BCUT2D eigenvalue weighted by Crippen LogP contribution is -2.52. The quantitative estimate of drug-likeness (QED) is 0.591. The number of fused-ring (bicyclic) bond motifs is 5. The Morgan fingerprint density at radius 3 is 2.77 bits per heavy atom. The molecule has 0 aliphatic heterocycles. The fourth-order valence-corrected chi connectivity index (χ4v) is 7.21. The van der Waals surface area contributed by atoms with Gasteiger partial charge in [0.1, 0.15) is 6.61 Å². The highest BCUT2D eigenvalue weighted by molar-refractivity contribution is 5.96. The van der Waals surface area contributed by atoms with Crippen molar-refractivity contribution < 1.29 is 15.1 Å². The van der Waals surface area contributed by atoms with Gasteiger partial charge in [0.05, 0.1) is 18.4 Å². The summed E-state index contributed by atoms with van der Waals surface area (Å²) >= 11 is 0. The second-order valence-electron chi connectivity index (χ2n) is 9.81. The molecule has 4 rings (SSSR count). The number of allylic oxidation sites excluding steroid dienone is 2. The maximum Gasteiger partial charge on any atom is 0.140 e. The number of hydrogen-bond acceptors (Lipinski definition) is 4. The molecule has 0 aromatic carbocycles. The summed E-state index contributed by atoms with van der Waals surface area (Å²) in [6.07, 6.45) is 10.2. The summed E-state index contributed by atoms with van der Waals surface area (Å²) in [6.45, 7) is 7.51. The highest BCUT2D eigenvalue weighted by Crippen LogP contribution is 2.66. The van der Waals surface area contributed by atoms with Crippen molar-refractivity contribution in [1.29, 1.82) is 0 Å². The summed E-state index contributed by atoms with van der Waals surface area (Å²) in [5, 5.41) is 23.8. The zero-order chi connectivity index (χ0) is 18.5. The molecule has 0 amide bonds. The second kappa shape index (κ2) is 6.63. The predicted molar refractivity (Wildman–Crippen MR) is 103 cm³/mol. The summed E-state index contributed by atoms with van der Waals surface area (Å²) < 4.78 is 0. The van der Waals surface area contributed by atoms with Crippen LogP contribution in [0.2, 0.25) is 0 Å². The van der Waals surface area contributed by atoms with E-state index in [1.165, 1.54) is 25.7 Å². The zero-order valence-electron chi connectivity index (χ0n) is 16.6. The van der Waals surface area contributed by atoms with E-state index in [4.69, 9.17) is 9.94 Å². The van der Waals surface area contributed by atoms with Crippen molar-refractivity contribution in [3.8, 4) is 0 Å². The third-order valence-corrected chi connectivity index (χ3v) is 8.61. The van der Waals surface area contributed by atoms with Crippen LogP contribution in [0.25, 0.3) is 0 Å². The van der Waals surface area contributed by atoms with Crippen LogP contribution in [0.1, 0.15) is 65.7 Å². The first-order valence-corrected chi connectivity index (χ1v) is 10.6. The smallest absolute Gasteiger partial charge is 0.140 e. The largest absolute Gasteiger partial charge is 0.393 e. The lowest BCUT2D eigenvalue weighted by atomic mass is 9.45. The molecular weight excluding hydrogens is 326 g/mol. The van der Waals surface area contributed by atoms with Gasteiger partial charge in [-0.15, -0.1) is 0 Å². The Kier molecular flexibility index (Phi) is 4.71. The van der Waals surface area contributed by atoms with Crippen molar-refractivity contribution >= 4 is 5.71 Å². The molecule has 0 aromatic rings. The van der Waals surface area contributed by atoms with E-state index in [9.17, 15) is 5.11 Å². The number of rotatable bonds is 3. The van der Waals surface area contributed by atoms with Gasteiger partial charge in [-0.3, -0.25) is 0 Å². The van der Waals surface area contributed by atoms with Crippen LogP contribution in [0.3, 0.4) is 0 Å². The van der Waals surface area contributed by atoms with Crippen molar-refractivity contribution in [3.63, 3.8) is 0 Å². The monoisotopic (exact) mass is 361 g/mol. The molecule has 146 valence electrons. The van der Waals surface area contributed by atoms with Crippen molar-refractivity contribution in [2.24, 2.45) is 39.7 Å². The third kappa shape index (κ3) is 2.67. The van der Waals surface area contributed by atoms with E-state index in [0.29, 0.717) is 11.8 Å². The van der Waals surface area contributed by atoms with Crippen molar-refractivity contribution in [2.75, 3.05) is 13.2 Å². The van der Waals surface area contributed by atoms with Gasteiger partial charge in [-0.05, 0) is 85.5 Å². The average Bonchev–Trinajstić information content (AvgIpc) is 2.92. The van der Waals surface area contributed by atoms with Crippen molar-refractivity contribution in [2.45, 2.75) is 71.8 Å². The summed E-state index contributed by atoms with van der Waals surface area (Å²) in [6, 6.07) is 0. The van der Waals surface area contributed by atoms with Crippen LogP contribution in [0, 0.1) is 34.5 Å². The minimum absolute atomic E-state index is 0.0111. The van der Waals surface area contributed by atoms with E-state index < -0.39 is 0 Å². The summed E-state index contributed by atoms with van der Waals surface area (Å²) in [7, 11) is 0. The van der Waals surface area contributed by atoms with Crippen LogP contribution in [-0.2, 0) is 4.84 Å². The summed E-state index contributed by atoms with van der Waals surface area (Å²) in [4.78, 5) is 5.22. The fraction of sp³-hybridized carbons (Fsp3) is 0.864. The molecule has 2 N–H and O–H groups in total. The number of aliphatic hydroxyl groups excluding tert-OH is 2. The number of aliphatic hydroxyl groups is 2. The molecule has 4 unspecified atom stereocenters. The predicted octanol–water partition coefficient (Wildman–Crippen LogP) is 3.92. The second-order valence-corrected chi connectivity index (χ2v) is 9.81. The lowest BCUT2D eigenvalue weighted by Gasteiger charge is -2.59. The Labute approximate surface area is 157 Å². The van der Waals surface area contributed by atoms with Crippen LogP contribution in [0.5, 0.6) is 0 Å². The minimum Gasteiger partial charge on any atom is -0.393 e. The van der Waals surface area contributed by atoms with E-state index in [-0.39, 0.29) is 30.1 Å². The van der Waals surface area contributed by atoms with Gasteiger partial charge in [-0.25, -0.2) is 0 Å². The molecule has 0 saturated heterocycles. The molecular formula is C22H35NO3. The van der Waals surface area contributed by atoms with E-state index in [2.05, 4.69) is 32.0 Å². The Morgan fingerprint density at radius 2 is 2.00 bits per heavy atom.